The zero-order chi connectivity index (χ0) is 17.2. The van der Waals surface area contributed by atoms with Gasteiger partial charge in [-0.2, -0.15) is 5.10 Å². The maximum atomic E-state index is 12.3. The second kappa shape index (κ2) is 6.59. The Hall–Kier alpha value is -2.82. The van der Waals surface area contributed by atoms with Gasteiger partial charge in [-0.3, -0.25) is 4.79 Å². The van der Waals surface area contributed by atoms with E-state index in [9.17, 15) is 4.79 Å². The number of hydrazone groups is 1. The van der Waals surface area contributed by atoms with E-state index < -0.39 is 0 Å². The molecule has 128 valence electrons. The fourth-order valence-corrected chi connectivity index (χ4v) is 3.26. The maximum Gasteiger partial charge on any atom is 0.271 e. The SMILES string of the molecule is CC(=NNC(=O)c1ccc2c(c1)OCO2)c1ccc2c(c1)CCCC2. The Labute approximate surface area is 146 Å². The number of amides is 1. The second-order valence-electron chi connectivity index (χ2n) is 6.40. The Morgan fingerprint density at radius 2 is 1.72 bits per heavy atom. The number of nitrogens with zero attached hydrogens (tertiary/aromatic N) is 1. The third kappa shape index (κ3) is 3.22. The average molecular weight is 336 g/mol. The molecule has 25 heavy (non-hydrogen) atoms. The summed E-state index contributed by atoms with van der Waals surface area (Å²) in [6.07, 6.45) is 4.80. The molecule has 4 rings (SSSR count). The van der Waals surface area contributed by atoms with E-state index >= 15 is 0 Å². The molecule has 0 radical (unpaired) electrons. The predicted octanol–water partition coefficient (Wildman–Crippen LogP) is 3.45. The molecule has 2 aliphatic rings. The molecule has 1 amide bonds. The van der Waals surface area contributed by atoms with Gasteiger partial charge in [0.2, 0.25) is 6.79 Å². The fourth-order valence-electron chi connectivity index (χ4n) is 3.26. The average Bonchev–Trinajstić information content (AvgIpc) is 3.13. The Morgan fingerprint density at radius 3 is 2.60 bits per heavy atom. The van der Waals surface area contributed by atoms with Gasteiger partial charge in [-0.05, 0) is 73.6 Å². The topological polar surface area (TPSA) is 59.9 Å². The molecule has 5 nitrogen and oxygen atoms in total. The van der Waals surface area contributed by atoms with Crippen molar-refractivity contribution in [2.75, 3.05) is 6.79 Å². The van der Waals surface area contributed by atoms with Crippen molar-refractivity contribution in [3.63, 3.8) is 0 Å². The lowest BCUT2D eigenvalue weighted by Gasteiger charge is -2.16. The van der Waals surface area contributed by atoms with E-state index in [1.165, 1.54) is 24.0 Å². The van der Waals surface area contributed by atoms with Crippen molar-refractivity contribution in [1.82, 2.24) is 5.43 Å². The van der Waals surface area contributed by atoms with Gasteiger partial charge in [-0.1, -0.05) is 12.1 Å². The molecule has 2 aromatic carbocycles. The predicted molar refractivity (Wildman–Crippen MR) is 95.3 cm³/mol. The molecule has 0 saturated heterocycles. The highest BCUT2D eigenvalue weighted by Gasteiger charge is 2.16. The zero-order valence-electron chi connectivity index (χ0n) is 14.2. The van der Waals surface area contributed by atoms with Gasteiger partial charge in [0.1, 0.15) is 0 Å². The van der Waals surface area contributed by atoms with Crippen LogP contribution in [0.15, 0.2) is 41.5 Å². The minimum Gasteiger partial charge on any atom is -0.454 e. The van der Waals surface area contributed by atoms with Crippen molar-refractivity contribution in [1.29, 1.82) is 0 Å². The van der Waals surface area contributed by atoms with E-state index in [4.69, 9.17) is 9.47 Å². The number of hydrogen-bond donors (Lipinski definition) is 1. The van der Waals surface area contributed by atoms with Crippen molar-refractivity contribution < 1.29 is 14.3 Å². The third-order valence-corrected chi connectivity index (χ3v) is 4.73. The quantitative estimate of drug-likeness (QED) is 0.690. The smallest absolute Gasteiger partial charge is 0.271 e. The normalized spacial score (nSPS) is 15.6. The number of ether oxygens (including phenoxy) is 2. The van der Waals surface area contributed by atoms with Crippen LogP contribution in [0.5, 0.6) is 11.5 Å². The molecule has 0 bridgehead atoms. The molecular weight excluding hydrogens is 316 g/mol. The lowest BCUT2D eigenvalue weighted by atomic mass is 9.90. The van der Waals surface area contributed by atoms with Gasteiger partial charge in [0.05, 0.1) is 5.71 Å². The number of carbonyl (C=O) groups is 1. The van der Waals surface area contributed by atoms with Gasteiger partial charge in [0.15, 0.2) is 11.5 Å². The summed E-state index contributed by atoms with van der Waals surface area (Å²) < 4.78 is 10.6. The highest BCUT2D eigenvalue weighted by Crippen LogP contribution is 2.32. The molecule has 0 unspecified atom stereocenters. The monoisotopic (exact) mass is 336 g/mol. The molecule has 0 aromatic heterocycles. The Balaban J connectivity index is 1.48. The molecule has 2 aromatic rings. The number of aryl methyl sites for hydroxylation is 2. The van der Waals surface area contributed by atoms with E-state index in [1.54, 1.807) is 18.2 Å². The maximum absolute atomic E-state index is 12.3. The molecule has 5 heteroatoms. The highest BCUT2D eigenvalue weighted by atomic mass is 16.7. The van der Waals surface area contributed by atoms with Gasteiger partial charge < -0.3 is 9.47 Å². The number of rotatable bonds is 3. The number of hydrogen-bond acceptors (Lipinski definition) is 4. The van der Waals surface area contributed by atoms with Crippen molar-refractivity contribution in [3.8, 4) is 11.5 Å². The zero-order valence-corrected chi connectivity index (χ0v) is 14.2. The first kappa shape index (κ1) is 15.7. The van der Waals surface area contributed by atoms with Gasteiger partial charge in [-0.15, -0.1) is 0 Å². The minimum atomic E-state index is -0.268. The number of carbonyl (C=O) groups excluding carboxylic acids is 1. The lowest BCUT2D eigenvalue weighted by molar-refractivity contribution is 0.0954. The highest BCUT2D eigenvalue weighted by molar-refractivity contribution is 6.01. The third-order valence-electron chi connectivity index (χ3n) is 4.73. The number of benzene rings is 2. The molecule has 1 aliphatic carbocycles. The number of fused-ring (bicyclic) bond motifs is 2. The Morgan fingerprint density at radius 1 is 0.960 bits per heavy atom. The van der Waals surface area contributed by atoms with E-state index in [0.29, 0.717) is 17.1 Å². The van der Waals surface area contributed by atoms with Gasteiger partial charge >= 0.3 is 0 Å². The summed E-state index contributed by atoms with van der Waals surface area (Å²) in [6.45, 7) is 2.10. The van der Waals surface area contributed by atoms with Crippen LogP contribution < -0.4 is 14.9 Å². The van der Waals surface area contributed by atoms with Crippen LogP contribution in [0.3, 0.4) is 0 Å². The van der Waals surface area contributed by atoms with E-state index in [2.05, 4.69) is 28.7 Å². The fraction of sp³-hybridized carbons (Fsp3) is 0.300. The number of nitrogens with one attached hydrogen (secondary N) is 1. The first-order valence-electron chi connectivity index (χ1n) is 8.57. The van der Waals surface area contributed by atoms with Crippen LogP contribution in [-0.2, 0) is 12.8 Å². The van der Waals surface area contributed by atoms with Crippen molar-refractivity contribution in [2.24, 2.45) is 5.10 Å². The summed E-state index contributed by atoms with van der Waals surface area (Å²) in [5, 5.41) is 4.26. The summed E-state index contributed by atoms with van der Waals surface area (Å²) in [5.41, 5.74) is 7.80. The standard InChI is InChI=1S/C20H20N2O3/c1-13(15-7-6-14-4-2-3-5-16(14)10-15)21-22-20(23)17-8-9-18-19(11-17)25-12-24-18/h6-11H,2-5,12H2,1H3,(H,22,23). The van der Waals surface area contributed by atoms with Crippen molar-refractivity contribution in [2.45, 2.75) is 32.6 Å². The minimum absolute atomic E-state index is 0.190. The van der Waals surface area contributed by atoms with Crippen LogP contribution in [-0.4, -0.2) is 18.4 Å². The summed E-state index contributed by atoms with van der Waals surface area (Å²) >= 11 is 0. The van der Waals surface area contributed by atoms with E-state index in [1.807, 2.05) is 6.92 Å². The molecule has 1 N–H and O–H groups in total. The largest absolute Gasteiger partial charge is 0.454 e. The van der Waals surface area contributed by atoms with Gasteiger partial charge in [0, 0.05) is 5.56 Å². The summed E-state index contributed by atoms with van der Waals surface area (Å²) in [7, 11) is 0. The van der Waals surface area contributed by atoms with E-state index in [-0.39, 0.29) is 12.7 Å². The molecule has 0 fully saturated rings. The van der Waals surface area contributed by atoms with Crippen molar-refractivity contribution in [3.05, 3.63) is 58.7 Å². The molecule has 0 saturated carbocycles. The van der Waals surface area contributed by atoms with Crippen molar-refractivity contribution >= 4 is 11.6 Å². The van der Waals surface area contributed by atoms with Crippen LogP contribution >= 0.6 is 0 Å². The summed E-state index contributed by atoms with van der Waals surface area (Å²) in [4.78, 5) is 12.3. The summed E-state index contributed by atoms with van der Waals surface area (Å²) in [6, 6.07) is 11.6. The molecule has 0 spiro atoms. The summed E-state index contributed by atoms with van der Waals surface area (Å²) in [5.74, 6) is 0.976. The molecular formula is C20H20N2O3. The van der Waals surface area contributed by atoms with Gasteiger partial charge in [0.25, 0.3) is 5.91 Å². The molecule has 1 heterocycles. The van der Waals surface area contributed by atoms with Crippen LogP contribution in [0.25, 0.3) is 0 Å². The van der Waals surface area contributed by atoms with Crippen LogP contribution in [0.1, 0.15) is 46.8 Å². The Bertz CT molecular complexity index is 858. The van der Waals surface area contributed by atoms with Crippen LogP contribution in [0.2, 0.25) is 0 Å². The lowest BCUT2D eigenvalue weighted by Crippen LogP contribution is -2.19. The molecule has 0 atom stereocenters. The van der Waals surface area contributed by atoms with E-state index in [0.717, 1.165) is 24.1 Å². The van der Waals surface area contributed by atoms with Gasteiger partial charge in [-0.25, -0.2) is 5.43 Å². The van der Waals surface area contributed by atoms with Crippen LogP contribution in [0.4, 0.5) is 0 Å². The molecule has 1 aliphatic heterocycles. The Kier molecular flexibility index (Phi) is 4.14. The first-order chi connectivity index (χ1) is 12.2. The van der Waals surface area contributed by atoms with Crippen LogP contribution in [0, 0.1) is 0 Å². The first-order valence-corrected chi connectivity index (χ1v) is 8.57. The second-order valence-corrected chi connectivity index (χ2v) is 6.40.